The maximum Gasteiger partial charge on any atom is 0.336 e. The van der Waals surface area contributed by atoms with Crippen molar-refractivity contribution in [3.63, 3.8) is 0 Å². The number of hydrogen-bond acceptors (Lipinski definition) is 5. The summed E-state index contributed by atoms with van der Waals surface area (Å²) in [6.07, 6.45) is 1.53. The van der Waals surface area contributed by atoms with Crippen LogP contribution in [0.3, 0.4) is 0 Å². The smallest absolute Gasteiger partial charge is 0.336 e. The van der Waals surface area contributed by atoms with E-state index in [1.807, 2.05) is 50.2 Å². The molecule has 0 aliphatic heterocycles. The van der Waals surface area contributed by atoms with Crippen LogP contribution >= 0.6 is 11.6 Å². The molecule has 0 bridgehead atoms. The first kappa shape index (κ1) is 22.7. The first-order valence-corrected chi connectivity index (χ1v) is 11.4. The quantitative estimate of drug-likeness (QED) is 0.283. The molecule has 1 N–H and O–H groups in total. The highest BCUT2D eigenvalue weighted by Gasteiger charge is 2.20. The van der Waals surface area contributed by atoms with Crippen LogP contribution in [-0.4, -0.2) is 25.8 Å². The van der Waals surface area contributed by atoms with E-state index in [4.69, 9.17) is 20.8 Å². The zero-order valence-electron chi connectivity index (χ0n) is 19.4. The van der Waals surface area contributed by atoms with Gasteiger partial charge in [-0.25, -0.2) is 14.5 Å². The zero-order valence-corrected chi connectivity index (χ0v) is 20.1. The maximum atomic E-state index is 12.0. The van der Waals surface area contributed by atoms with Crippen molar-refractivity contribution in [1.29, 1.82) is 0 Å². The molecule has 0 saturated heterocycles. The van der Waals surface area contributed by atoms with Gasteiger partial charge in [-0.2, -0.15) is 5.10 Å². The van der Waals surface area contributed by atoms with E-state index in [1.54, 1.807) is 23.7 Å². The van der Waals surface area contributed by atoms with Gasteiger partial charge in [0, 0.05) is 5.02 Å². The number of aromatic nitrogens is 3. The molecule has 3 heterocycles. The summed E-state index contributed by atoms with van der Waals surface area (Å²) in [5.74, 6) is 0.875. The second kappa shape index (κ2) is 8.92. The second-order valence-electron chi connectivity index (χ2n) is 8.40. The number of aryl methyl sites for hydroxylation is 3. The summed E-state index contributed by atoms with van der Waals surface area (Å²) >= 11 is 6.25. The van der Waals surface area contributed by atoms with Crippen LogP contribution in [0.5, 0.6) is 11.5 Å². The van der Waals surface area contributed by atoms with Gasteiger partial charge in [0.15, 0.2) is 11.4 Å². The van der Waals surface area contributed by atoms with E-state index in [2.05, 4.69) is 10.1 Å². The van der Waals surface area contributed by atoms with Crippen LogP contribution in [0.4, 0.5) is 0 Å². The Morgan fingerprint density at radius 1 is 1.06 bits per heavy atom. The van der Waals surface area contributed by atoms with Crippen LogP contribution in [0.25, 0.3) is 22.5 Å². The lowest BCUT2D eigenvalue weighted by Crippen LogP contribution is -2.05. The average Bonchev–Trinajstić information content (AvgIpc) is 3.47. The molecule has 176 valence electrons. The van der Waals surface area contributed by atoms with Crippen molar-refractivity contribution in [2.45, 2.75) is 27.3 Å². The number of furan rings is 1. The van der Waals surface area contributed by atoms with Gasteiger partial charge in [0.25, 0.3) is 0 Å². The van der Waals surface area contributed by atoms with E-state index < -0.39 is 5.97 Å². The molecular weight excluding hydrogens is 466 g/mol. The Kier molecular flexibility index (Phi) is 5.78. The highest BCUT2D eigenvalue weighted by molar-refractivity contribution is 6.32. The number of hydrogen-bond donors (Lipinski definition) is 1. The Labute approximate surface area is 206 Å². The molecule has 0 fully saturated rings. The molecule has 0 atom stereocenters. The molecular formula is C27H22ClN3O4. The van der Waals surface area contributed by atoms with Crippen molar-refractivity contribution in [2.24, 2.45) is 0 Å². The van der Waals surface area contributed by atoms with Crippen LogP contribution in [0.15, 0.2) is 65.3 Å². The highest BCUT2D eigenvalue weighted by atomic mass is 35.5. The van der Waals surface area contributed by atoms with E-state index in [0.29, 0.717) is 40.5 Å². The fourth-order valence-corrected chi connectivity index (χ4v) is 4.23. The van der Waals surface area contributed by atoms with E-state index in [1.165, 1.54) is 12.3 Å². The number of fused-ring (bicyclic) bond motifs is 1. The van der Waals surface area contributed by atoms with Crippen LogP contribution in [0, 0.1) is 20.8 Å². The second-order valence-corrected chi connectivity index (χ2v) is 8.77. The molecule has 5 rings (SSSR count). The lowest BCUT2D eigenvalue weighted by molar-refractivity contribution is 0.0699. The maximum absolute atomic E-state index is 12.0. The molecule has 0 aliphatic carbocycles. The third-order valence-corrected chi connectivity index (χ3v) is 6.38. The van der Waals surface area contributed by atoms with E-state index in [9.17, 15) is 9.90 Å². The Hall–Kier alpha value is -4.10. The third kappa shape index (κ3) is 4.38. The lowest BCUT2D eigenvalue weighted by Gasteiger charge is -2.10. The van der Waals surface area contributed by atoms with E-state index >= 15 is 0 Å². The SMILES string of the molecule is Cc1cc(Oc2ccc(Cn3nc(C)c4c(C(=O)O)cc(-c5ccco5)nc43)cc2)cc(C)c1Cl. The summed E-state index contributed by atoms with van der Waals surface area (Å²) in [5, 5.41) is 15.7. The minimum absolute atomic E-state index is 0.141. The summed E-state index contributed by atoms with van der Waals surface area (Å²) in [6.45, 7) is 6.09. The Bertz CT molecular complexity index is 1530. The van der Waals surface area contributed by atoms with Gasteiger partial charge < -0.3 is 14.3 Å². The first-order chi connectivity index (χ1) is 16.8. The lowest BCUT2D eigenvalue weighted by atomic mass is 10.1. The van der Waals surface area contributed by atoms with Gasteiger partial charge in [0.05, 0.1) is 29.5 Å². The zero-order chi connectivity index (χ0) is 24.7. The van der Waals surface area contributed by atoms with Gasteiger partial charge >= 0.3 is 5.97 Å². The van der Waals surface area contributed by atoms with Gasteiger partial charge in [0.1, 0.15) is 17.2 Å². The molecule has 0 aliphatic rings. The van der Waals surface area contributed by atoms with E-state index in [-0.39, 0.29) is 5.56 Å². The first-order valence-electron chi connectivity index (χ1n) is 11.0. The number of nitrogens with zero attached hydrogens (tertiary/aromatic N) is 3. The number of carboxylic acids is 1. The molecule has 0 spiro atoms. The normalized spacial score (nSPS) is 11.2. The number of pyridine rings is 1. The molecule has 0 amide bonds. The molecule has 3 aromatic heterocycles. The minimum Gasteiger partial charge on any atom is -0.478 e. The molecule has 35 heavy (non-hydrogen) atoms. The number of aromatic carboxylic acids is 1. The molecule has 0 radical (unpaired) electrons. The fourth-order valence-electron chi connectivity index (χ4n) is 4.12. The fraction of sp³-hybridized carbons (Fsp3) is 0.148. The summed E-state index contributed by atoms with van der Waals surface area (Å²) in [4.78, 5) is 16.7. The van der Waals surface area contributed by atoms with Crippen molar-refractivity contribution in [2.75, 3.05) is 0 Å². The van der Waals surface area contributed by atoms with Gasteiger partial charge in [-0.15, -0.1) is 0 Å². The van der Waals surface area contributed by atoms with Gasteiger partial charge in [-0.1, -0.05) is 23.7 Å². The van der Waals surface area contributed by atoms with Gasteiger partial charge in [0.2, 0.25) is 0 Å². The van der Waals surface area contributed by atoms with Crippen LogP contribution in [-0.2, 0) is 6.54 Å². The number of halogens is 1. The molecule has 7 nitrogen and oxygen atoms in total. The molecule has 0 unspecified atom stereocenters. The predicted molar refractivity (Wildman–Crippen MR) is 133 cm³/mol. The highest BCUT2D eigenvalue weighted by Crippen LogP contribution is 2.30. The van der Waals surface area contributed by atoms with Crippen LogP contribution in [0.1, 0.15) is 32.7 Å². The monoisotopic (exact) mass is 487 g/mol. The minimum atomic E-state index is -1.04. The summed E-state index contributed by atoms with van der Waals surface area (Å²) in [6, 6.07) is 16.5. The number of benzene rings is 2. The molecule has 8 heteroatoms. The van der Waals surface area contributed by atoms with Crippen molar-refractivity contribution in [1.82, 2.24) is 14.8 Å². The molecule has 2 aromatic carbocycles. The summed E-state index contributed by atoms with van der Waals surface area (Å²) in [5.41, 5.74) is 4.56. The number of carbonyl (C=O) groups is 1. The molecule has 5 aromatic rings. The standard InChI is InChI=1S/C27H22ClN3O4/c1-15-11-20(12-16(2)25(15)28)35-19-8-6-18(7-9-19)14-31-26-24(17(3)30-31)21(27(32)33)13-22(29-26)23-5-4-10-34-23/h4-13H,14H2,1-3H3,(H,32,33). The topological polar surface area (TPSA) is 90.4 Å². The molecule has 0 saturated carbocycles. The van der Waals surface area contributed by atoms with Crippen molar-refractivity contribution < 1.29 is 19.1 Å². The summed E-state index contributed by atoms with van der Waals surface area (Å²) in [7, 11) is 0. The Morgan fingerprint density at radius 2 is 1.77 bits per heavy atom. The largest absolute Gasteiger partial charge is 0.478 e. The van der Waals surface area contributed by atoms with Gasteiger partial charge in [-0.3, -0.25) is 0 Å². The number of carboxylic acid groups (broad SMARTS) is 1. The average molecular weight is 488 g/mol. The van der Waals surface area contributed by atoms with Crippen molar-refractivity contribution >= 4 is 28.6 Å². The van der Waals surface area contributed by atoms with Crippen molar-refractivity contribution in [3.05, 3.63) is 93.8 Å². The predicted octanol–water partition coefficient (Wildman–Crippen LogP) is 6.81. The number of ether oxygens (including phenoxy) is 1. The number of rotatable bonds is 6. The third-order valence-electron chi connectivity index (χ3n) is 5.78. The Balaban J connectivity index is 1.46. The Morgan fingerprint density at radius 3 is 2.40 bits per heavy atom. The van der Waals surface area contributed by atoms with Gasteiger partial charge in [-0.05, 0) is 79.9 Å². The van der Waals surface area contributed by atoms with Crippen molar-refractivity contribution in [3.8, 4) is 23.0 Å². The van der Waals surface area contributed by atoms with Crippen LogP contribution in [0.2, 0.25) is 5.02 Å². The van der Waals surface area contributed by atoms with E-state index in [0.717, 1.165) is 27.5 Å². The van der Waals surface area contributed by atoms with Crippen LogP contribution < -0.4 is 4.74 Å². The summed E-state index contributed by atoms with van der Waals surface area (Å²) < 4.78 is 13.2.